The second kappa shape index (κ2) is 4.68. The molecule has 2 aromatic rings. The molecule has 0 spiro atoms. The first-order valence-corrected chi connectivity index (χ1v) is 8.09. The number of hydrogen-bond donors (Lipinski definition) is 0. The highest BCUT2D eigenvalue weighted by molar-refractivity contribution is 5.88. The van der Waals surface area contributed by atoms with Crippen LogP contribution in [0.3, 0.4) is 0 Å². The van der Waals surface area contributed by atoms with Gasteiger partial charge in [0.15, 0.2) is 5.82 Å². The highest BCUT2D eigenvalue weighted by Crippen LogP contribution is 2.40. The Kier molecular flexibility index (Phi) is 2.91. The van der Waals surface area contributed by atoms with Gasteiger partial charge in [0.05, 0.1) is 5.69 Å². The van der Waals surface area contributed by atoms with Crippen molar-refractivity contribution in [3.8, 4) is 0 Å². The number of rotatable bonds is 2. The summed E-state index contributed by atoms with van der Waals surface area (Å²) < 4.78 is 1.95. The minimum absolute atomic E-state index is 0.579. The van der Waals surface area contributed by atoms with Crippen molar-refractivity contribution >= 4 is 16.9 Å². The number of anilines is 1. The zero-order chi connectivity index (χ0) is 14.6. The molecule has 1 aliphatic heterocycles. The summed E-state index contributed by atoms with van der Waals surface area (Å²) in [6, 6.07) is 0. The monoisotopic (exact) mass is 285 g/mol. The van der Waals surface area contributed by atoms with Gasteiger partial charge >= 0.3 is 0 Å². The van der Waals surface area contributed by atoms with E-state index in [2.05, 4.69) is 23.8 Å². The largest absolute Gasteiger partial charge is 0.354 e. The molecule has 21 heavy (non-hydrogen) atoms. The standard InChI is InChI=1S/C16H23N5/c1-10-5-4-8-21(9-10)16-14-13(11(2)19-20(14)3)17-15(18-16)12-6-7-12/h10,12H,4-9H2,1-3H3. The van der Waals surface area contributed by atoms with Gasteiger partial charge < -0.3 is 4.90 Å². The van der Waals surface area contributed by atoms with E-state index < -0.39 is 0 Å². The van der Waals surface area contributed by atoms with Crippen LogP contribution in [0.2, 0.25) is 0 Å². The van der Waals surface area contributed by atoms with Crippen LogP contribution in [0, 0.1) is 12.8 Å². The van der Waals surface area contributed by atoms with Crippen LogP contribution < -0.4 is 4.90 Å². The summed E-state index contributed by atoms with van der Waals surface area (Å²) in [7, 11) is 2.01. The molecule has 4 rings (SSSR count). The molecule has 0 radical (unpaired) electrons. The first-order valence-electron chi connectivity index (χ1n) is 8.09. The number of fused-ring (bicyclic) bond motifs is 1. The third-order valence-corrected chi connectivity index (χ3v) is 4.75. The summed E-state index contributed by atoms with van der Waals surface area (Å²) >= 11 is 0. The Morgan fingerprint density at radius 3 is 2.67 bits per heavy atom. The Bertz CT molecular complexity index is 686. The molecule has 1 aliphatic carbocycles. The lowest BCUT2D eigenvalue weighted by molar-refractivity contribution is 0.444. The van der Waals surface area contributed by atoms with Gasteiger partial charge in [-0.05, 0) is 38.5 Å². The second-order valence-corrected chi connectivity index (χ2v) is 6.78. The third kappa shape index (κ3) is 2.19. The van der Waals surface area contributed by atoms with Crippen molar-refractivity contribution < 1.29 is 0 Å². The Balaban J connectivity index is 1.88. The number of hydrogen-bond acceptors (Lipinski definition) is 4. The van der Waals surface area contributed by atoms with Crippen LogP contribution in [0.25, 0.3) is 11.0 Å². The quantitative estimate of drug-likeness (QED) is 0.851. The van der Waals surface area contributed by atoms with Crippen LogP contribution in [0.5, 0.6) is 0 Å². The topological polar surface area (TPSA) is 46.8 Å². The van der Waals surface area contributed by atoms with Gasteiger partial charge in [0.1, 0.15) is 16.9 Å². The maximum Gasteiger partial charge on any atom is 0.158 e. The summed E-state index contributed by atoms with van der Waals surface area (Å²) in [5, 5.41) is 4.57. The highest BCUT2D eigenvalue weighted by Gasteiger charge is 2.30. The summed E-state index contributed by atoms with van der Waals surface area (Å²) in [4.78, 5) is 12.2. The fourth-order valence-electron chi connectivity index (χ4n) is 3.46. The van der Waals surface area contributed by atoms with E-state index in [1.165, 1.54) is 25.7 Å². The van der Waals surface area contributed by atoms with E-state index in [-0.39, 0.29) is 0 Å². The van der Waals surface area contributed by atoms with Crippen molar-refractivity contribution in [2.24, 2.45) is 13.0 Å². The van der Waals surface area contributed by atoms with Crippen molar-refractivity contribution in [2.75, 3.05) is 18.0 Å². The van der Waals surface area contributed by atoms with Crippen molar-refractivity contribution in [3.05, 3.63) is 11.5 Å². The molecule has 5 nitrogen and oxygen atoms in total. The van der Waals surface area contributed by atoms with Crippen molar-refractivity contribution in [1.82, 2.24) is 19.7 Å². The molecule has 2 fully saturated rings. The Labute approximate surface area is 125 Å². The van der Waals surface area contributed by atoms with E-state index in [0.717, 1.165) is 47.4 Å². The summed E-state index contributed by atoms with van der Waals surface area (Å²) in [6.07, 6.45) is 5.05. The minimum Gasteiger partial charge on any atom is -0.354 e. The molecule has 3 heterocycles. The third-order valence-electron chi connectivity index (χ3n) is 4.75. The molecular formula is C16H23N5. The molecule has 2 aliphatic rings. The second-order valence-electron chi connectivity index (χ2n) is 6.78. The van der Waals surface area contributed by atoms with Gasteiger partial charge in [-0.3, -0.25) is 4.68 Å². The number of nitrogens with zero attached hydrogens (tertiary/aromatic N) is 5. The van der Waals surface area contributed by atoms with Crippen LogP contribution in [-0.4, -0.2) is 32.8 Å². The van der Waals surface area contributed by atoms with Gasteiger partial charge in [-0.1, -0.05) is 6.92 Å². The molecule has 0 bridgehead atoms. The SMILES string of the molecule is Cc1nn(C)c2c(N3CCCC(C)C3)nc(C3CC3)nc12. The van der Waals surface area contributed by atoms with E-state index in [1.54, 1.807) is 0 Å². The van der Waals surface area contributed by atoms with Crippen molar-refractivity contribution in [1.29, 1.82) is 0 Å². The lowest BCUT2D eigenvalue weighted by atomic mass is 10.0. The van der Waals surface area contributed by atoms with E-state index in [1.807, 2.05) is 11.7 Å². The maximum atomic E-state index is 4.95. The predicted octanol–water partition coefficient (Wildman–Crippen LogP) is 2.79. The lowest BCUT2D eigenvalue weighted by Gasteiger charge is -2.32. The van der Waals surface area contributed by atoms with Gasteiger partial charge in [-0.25, -0.2) is 9.97 Å². The highest BCUT2D eigenvalue weighted by atomic mass is 15.3. The number of aryl methyl sites for hydroxylation is 2. The molecule has 0 aromatic carbocycles. The van der Waals surface area contributed by atoms with Gasteiger partial charge in [-0.2, -0.15) is 5.10 Å². The van der Waals surface area contributed by atoms with Gasteiger partial charge in [-0.15, -0.1) is 0 Å². The summed E-state index contributed by atoms with van der Waals surface area (Å²) in [6.45, 7) is 6.58. The van der Waals surface area contributed by atoms with E-state index in [4.69, 9.17) is 9.97 Å². The van der Waals surface area contributed by atoms with Crippen LogP contribution in [-0.2, 0) is 7.05 Å². The molecule has 1 saturated heterocycles. The fraction of sp³-hybridized carbons (Fsp3) is 0.688. The number of piperidine rings is 1. The van der Waals surface area contributed by atoms with Crippen LogP contribution in [0.15, 0.2) is 0 Å². The van der Waals surface area contributed by atoms with Crippen molar-refractivity contribution in [3.63, 3.8) is 0 Å². The van der Waals surface area contributed by atoms with Crippen LogP contribution >= 0.6 is 0 Å². The molecule has 0 amide bonds. The summed E-state index contributed by atoms with van der Waals surface area (Å²) in [5.41, 5.74) is 3.16. The van der Waals surface area contributed by atoms with Gasteiger partial charge in [0, 0.05) is 26.1 Å². The first kappa shape index (κ1) is 13.0. The fourth-order valence-corrected chi connectivity index (χ4v) is 3.46. The van der Waals surface area contributed by atoms with E-state index in [9.17, 15) is 0 Å². The van der Waals surface area contributed by atoms with Gasteiger partial charge in [0.2, 0.25) is 0 Å². The Hall–Kier alpha value is -1.65. The molecule has 1 atom stereocenters. The molecule has 1 saturated carbocycles. The lowest BCUT2D eigenvalue weighted by Crippen LogP contribution is -2.35. The molecule has 1 unspecified atom stereocenters. The van der Waals surface area contributed by atoms with Crippen LogP contribution in [0.1, 0.15) is 50.0 Å². The average Bonchev–Trinajstić information content (AvgIpc) is 3.26. The zero-order valence-corrected chi connectivity index (χ0v) is 13.1. The van der Waals surface area contributed by atoms with Gasteiger partial charge in [0.25, 0.3) is 0 Å². The smallest absolute Gasteiger partial charge is 0.158 e. The molecule has 0 N–H and O–H groups in total. The molecule has 112 valence electrons. The Morgan fingerprint density at radius 2 is 1.95 bits per heavy atom. The average molecular weight is 285 g/mol. The van der Waals surface area contributed by atoms with Crippen LogP contribution in [0.4, 0.5) is 5.82 Å². The number of aromatic nitrogens is 4. The minimum atomic E-state index is 0.579. The predicted molar refractivity (Wildman–Crippen MR) is 83.6 cm³/mol. The normalized spacial score (nSPS) is 23.0. The van der Waals surface area contributed by atoms with E-state index in [0.29, 0.717) is 5.92 Å². The zero-order valence-electron chi connectivity index (χ0n) is 13.1. The first-order chi connectivity index (χ1) is 10.1. The maximum absolute atomic E-state index is 4.95. The summed E-state index contributed by atoms with van der Waals surface area (Å²) in [5.74, 6) is 3.46. The molecule has 2 aromatic heterocycles. The molecule has 5 heteroatoms. The van der Waals surface area contributed by atoms with E-state index >= 15 is 0 Å². The van der Waals surface area contributed by atoms with Crippen molar-refractivity contribution in [2.45, 2.75) is 45.4 Å². The molecular weight excluding hydrogens is 262 g/mol. The Morgan fingerprint density at radius 1 is 1.14 bits per heavy atom.